The van der Waals surface area contributed by atoms with Crippen molar-refractivity contribution in [3.63, 3.8) is 0 Å². The summed E-state index contributed by atoms with van der Waals surface area (Å²) in [6.45, 7) is 0. The number of amides is 2. The van der Waals surface area contributed by atoms with Crippen LogP contribution in [-0.4, -0.2) is 16.8 Å². The van der Waals surface area contributed by atoms with Crippen molar-refractivity contribution in [2.24, 2.45) is 5.73 Å². The van der Waals surface area contributed by atoms with E-state index >= 15 is 0 Å². The first kappa shape index (κ1) is 14.8. The van der Waals surface area contributed by atoms with E-state index in [1.807, 2.05) is 30.3 Å². The van der Waals surface area contributed by atoms with E-state index in [4.69, 9.17) is 5.73 Å². The Labute approximate surface area is 132 Å². The van der Waals surface area contributed by atoms with Gasteiger partial charge in [0.25, 0.3) is 5.91 Å². The Balaban J connectivity index is 1.76. The number of primary amides is 1. The standard InChI is InChI=1S/C17H16N4O2/c18-16(22)15(11-6-2-1-3-7-11)20-21-17(23)13-10-19-14-9-5-4-8-12(13)14/h1-10,15,19-20H,(H2,18,22)(H,21,23)/t15-/m1/s1. The number of aromatic nitrogens is 1. The van der Waals surface area contributed by atoms with Crippen LogP contribution in [0.1, 0.15) is 22.0 Å². The first-order valence-electron chi connectivity index (χ1n) is 7.13. The summed E-state index contributed by atoms with van der Waals surface area (Å²) in [5, 5.41) is 0.808. The van der Waals surface area contributed by atoms with Gasteiger partial charge in [0.05, 0.1) is 5.56 Å². The molecule has 6 nitrogen and oxygen atoms in total. The third kappa shape index (κ3) is 3.07. The van der Waals surface area contributed by atoms with Crippen LogP contribution in [0, 0.1) is 0 Å². The van der Waals surface area contributed by atoms with Gasteiger partial charge >= 0.3 is 0 Å². The van der Waals surface area contributed by atoms with Crippen LogP contribution < -0.4 is 16.6 Å². The van der Waals surface area contributed by atoms with Gasteiger partial charge in [0.15, 0.2) is 0 Å². The highest BCUT2D eigenvalue weighted by Gasteiger charge is 2.19. The zero-order valence-corrected chi connectivity index (χ0v) is 12.2. The average Bonchev–Trinajstić information content (AvgIpc) is 2.99. The number of H-pyrrole nitrogens is 1. The highest BCUT2D eigenvalue weighted by Crippen LogP contribution is 2.17. The minimum atomic E-state index is -0.801. The molecule has 0 fully saturated rings. The normalized spacial score (nSPS) is 12.0. The molecule has 0 saturated heterocycles. The molecule has 6 heteroatoms. The van der Waals surface area contributed by atoms with Crippen LogP contribution in [0.2, 0.25) is 0 Å². The Morgan fingerprint density at radius 3 is 2.43 bits per heavy atom. The Morgan fingerprint density at radius 1 is 1.00 bits per heavy atom. The maximum Gasteiger partial charge on any atom is 0.267 e. The SMILES string of the molecule is NC(=O)[C@H](NNC(=O)c1c[nH]c2ccccc12)c1ccccc1. The Kier molecular flexibility index (Phi) is 4.07. The summed E-state index contributed by atoms with van der Waals surface area (Å²) < 4.78 is 0. The summed E-state index contributed by atoms with van der Waals surface area (Å²) >= 11 is 0. The summed E-state index contributed by atoms with van der Waals surface area (Å²) in [5.41, 5.74) is 12.7. The first-order valence-corrected chi connectivity index (χ1v) is 7.13. The van der Waals surface area contributed by atoms with E-state index in [0.29, 0.717) is 11.1 Å². The van der Waals surface area contributed by atoms with Crippen molar-refractivity contribution < 1.29 is 9.59 Å². The number of benzene rings is 2. The third-order valence-corrected chi connectivity index (χ3v) is 3.58. The number of carbonyl (C=O) groups is 2. The molecule has 2 amide bonds. The second-order valence-corrected chi connectivity index (χ2v) is 5.09. The van der Waals surface area contributed by atoms with Crippen molar-refractivity contribution in [3.05, 3.63) is 71.9 Å². The van der Waals surface area contributed by atoms with E-state index < -0.39 is 11.9 Å². The van der Waals surface area contributed by atoms with Crippen LogP contribution in [0.5, 0.6) is 0 Å². The van der Waals surface area contributed by atoms with Gasteiger partial charge in [-0.2, -0.15) is 0 Å². The van der Waals surface area contributed by atoms with Crippen molar-refractivity contribution in [3.8, 4) is 0 Å². The number of aromatic amines is 1. The number of hydrogen-bond donors (Lipinski definition) is 4. The molecule has 0 radical (unpaired) electrons. The smallest absolute Gasteiger partial charge is 0.267 e. The zero-order valence-electron chi connectivity index (χ0n) is 12.2. The fourth-order valence-electron chi connectivity index (χ4n) is 2.43. The predicted octanol–water partition coefficient (Wildman–Crippen LogP) is 1.63. The first-order chi connectivity index (χ1) is 11.2. The lowest BCUT2D eigenvalue weighted by Crippen LogP contribution is -2.44. The van der Waals surface area contributed by atoms with Crippen molar-refractivity contribution in [1.29, 1.82) is 0 Å². The molecule has 2 aromatic carbocycles. The van der Waals surface area contributed by atoms with Gasteiger partial charge in [-0.25, -0.2) is 5.43 Å². The third-order valence-electron chi connectivity index (χ3n) is 3.58. The fourth-order valence-corrected chi connectivity index (χ4v) is 2.43. The van der Waals surface area contributed by atoms with Crippen LogP contribution in [0.3, 0.4) is 0 Å². The van der Waals surface area contributed by atoms with Gasteiger partial charge in [-0.3, -0.25) is 15.0 Å². The number of carbonyl (C=O) groups excluding carboxylic acids is 2. The van der Waals surface area contributed by atoms with Gasteiger partial charge in [-0.15, -0.1) is 0 Å². The second-order valence-electron chi connectivity index (χ2n) is 5.09. The number of nitrogens with two attached hydrogens (primary N) is 1. The highest BCUT2D eigenvalue weighted by atomic mass is 16.2. The van der Waals surface area contributed by atoms with E-state index in [9.17, 15) is 9.59 Å². The molecule has 1 atom stereocenters. The molecule has 0 aliphatic heterocycles. The number of rotatable bonds is 5. The molecule has 0 aliphatic carbocycles. The van der Waals surface area contributed by atoms with Gasteiger partial charge in [0.1, 0.15) is 6.04 Å². The molecule has 23 heavy (non-hydrogen) atoms. The van der Waals surface area contributed by atoms with E-state index in [2.05, 4.69) is 15.8 Å². The van der Waals surface area contributed by atoms with E-state index in [0.717, 1.165) is 10.9 Å². The summed E-state index contributed by atoms with van der Waals surface area (Å²) in [4.78, 5) is 27.0. The zero-order chi connectivity index (χ0) is 16.2. The van der Waals surface area contributed by atoms with Crippen molar-refractivity contribution in [2.45, 2.75) is 6.04 Å². The lowest BCUT2D eigenvalue weighted by molar-refractivity contribution is -0.120. The lowest BCUT2D eigenvalue weighted by Gasteiger charge is -2.16. The number of hydrogen-bond acceptors (Lipinski definition) is 3. The molecule has 1 aromatic heterocycles. The molecule has 3 aromatic rings. The molecule has 0 spiro atoms. The average molecular weight is 308 g/mol. The minimum absolute atomic E-state index is 0.343. The van der Waals surface area contributed by atoms with Crippen LogP contribution >= 0.6 is 0 Å². The Bertz CT molecular complexity index is 842. The van der Waals surface area contributed by atoms with E-state index in [-0.39, 0.29) is 5.91 Å². The number of para-hydroxylation sites is 1. The summed E-state index contributed by atoms with van der Waals surface area (Å²) in [6.07, 6.45) is 1.63. The van der Waals surface area contributed by atoms with Crippen LogP contribution in [0.25, 0.3) is 10.9 Å². The van der Waals surface area contributed by atoms with Crippen molar-refractivity contribution in [1.82, 2.24) is 15.8 Å². The molecular weight excluding hydrogens is 292 g/mol. The Hall–Kier alpha value is -3.12. The van der Waals surface area contributed by atoms with Gasteiger partial charge in [-0.05, 0) is 11.6 Å². The molecule has 3 rings (SSSR count). The monoisotopic (exact) mass is 308 g/mol. The van der Waals surface area contributed by atoms with Crippen LogP contribution in [0.15, 0.2) is 60.8 Å². The number of fused-ring (bicyclic) bond motifs is 1. The summed E-state index contributed by atoms with van der Waals surface area (Å²) in [7, 11) is 0. The largest absolute Gasteiger partial charge is 0.368 e. The molecule has 0 unspecified atom stereocenters. The van der Waals surface area contributed by atoms with Gasteiger partial charge < -0.3 is 10.7 Å². The van der Waals surface area contributed by atoms with Gasteiger partial charge in [0, 0.05) is 17.1 Å². The topological polar surface area (TPSA) is 100 Å². The number of hydrazine groups is 1. The maximum atomic E-state index is 12.3. The molecule has 0 aliphatic rings. The maximum absolute atomic E-state index is 12.3. The predicted molar refractivity (Wildman–Crippen MR) is 87.3 cm³/mol. The Morgan fingerprint density at radius 2 is 1.70 bits per heavy atom. The fraction of sp³-hybridized carbons (Fsp3) is 0.0588. The van der Waals surface area contributed by atoms with E-state index in [1.54, 1.807) is 30.5 Å². The highest BCUT2D eigenvalue weighted by molar-refractivity contribution is 6.06. The molecule has 0 saturated carbocycles. The number of nitrogens with one attached hydrogen (secondary N) is 3. The van der Waals surface area contributed by atoms with Crippen molar-refractivity contribution >= 4 is 22.7 Å². The summed E-state index contributed by atoms with van der Waals surface area (Å²) in [5.74, 6) is -0.917. The minimum Gasteiger partial charge on any atom is -0.368 e. The molecular formula is C17H16N4O2. The van der Waals surface area contributed by atoms with Gasteiger partial charge in [-0.1, -0.05) is 48.5 Å². The second kappa shape index (κ2) is 6.33. The molecule has 5 N–H and O–H groups in total. The van der Waals surface area contributed by atoms with Crippen LogP contribution in [0.4, 0.5) is 0 Å². The van der Waals surface area contributed by atoms with Crippen LogP contribution in [-0.2, 0) is 4.79 Å². The molecule has 0 bridgehead atoms. The van der Waals surface area contributed by atoms with Crippen molar-refractivity contribution in [2.75, 3.05) is 0 Å². The lowest BCUT2D eigenvalue weighted by atomic mass is 10.1. The quantitative estimate of drug-likeness (QED) is 0.539. The molecule has 1 heterocycles. The van der Waals surface area contributed by atoms with E-state index in [1.165, 1.54) is 0 Å². The van der Waals surface area contributed by atoms with Gasteiger partial charge in [0.2, 0.25) is 5.91 Å². The summed E-state index contributed by atoms with van der Waals surface area (Å²) in [6, 6.07) is 15.6. The molecule has 116 valence electrons.